The van der Waals surface area contributed by atoms with E-state index < -0.39 is 0 Å². The van der Waals surface area contributed by atoms with Crippen molar-refractivity contribution in [1.29, 1.82) is 0 Å². The minimum absolute atomic E-state index is 0.320. The minimum Gasteiger partial charge on any atom is -0.383 e. The summed E-state index contributed by atoms with van der Waals surface area (Å²) in [5, 5.41) is 0. The molecule has 0 amide bonds. The molecule has 16 heavy (non-hydrogen) atoms. The van der Waals surface area contributed by atoms with Gasteiger partial charge in [-0.25, -0.2) is 0 Å². The first kappa shape index (κ1) is 13.9. The molecule has 3 unspecified atom stereocenters. The van der Waals surface area contributed by atoms with Gasteiger partial charge in [-0.05, 0) is 33.2 Å². The highest BCUT2D eigenvalue weighted by molar-refractivity contribution is 4.79. The normalized spacial score (nSPS) is 29.2. The Hall–Kier alpha value is -0.160. The fraction of sp³-hybridized carbons (Fsp3) is 1.00. The molecular weight excluding hydrogens is 204 g/mol. The third-order valence-electron chi connectivity index (χ3n) is 3.06. The van der Waals surface area contributed by atoms with Crippen LogP contribution < -0.4 is 5.73 Å². The van der Waals surface area contributed by atoms with E-state index in [9.17, 15) is 0 Å². The van der Waals surface area contributed by atoms with Crippen LogP contribution >= 0.6 is 0 Å². The van der Waals surface area contributed by atoms with E-state index in [1.807, 2.05) is 0 Å². The number of hydrogen-bond donors (Lipinski definition) is 1. The maximum absolute atomic E-state index is 5.74. The second-order valence-electron chi connectivity index (χ2n) is 4.75. The molecule has 1 aliphatic rings. The number of hydrogen-bond acceptors (Lipinski definition) is 4. The van der Waals surface area contributed by atoms with Crippen molar-refractivity contribution in [3.8, 4) is 0 Å². The SMILES string of the molecule is COCC(CCCN)N1CC(C)OC(C)C1. The van der Waals surface area contributed by atoms with Crippen LogP contribution in [0.2, 0.25) is 0 Å². The summed E-state index contributed by atoms with van der Waals surface area (Å²) in [6, 6.07) is 0.488. The lowest BCUT2D eigenvalue weighted by molar-refractivity contribution is -0.0885. The maximum atomic E-state index is 5.74. The predicted molar refractivity (Wildman–Crippen MR) is 65.5 cm³/mol. The molecule has 1 saturated heterocycles. The average molecular weight is 230 g/mol. The van der Waals surface area contributed by atoms with Crippen molar-refractivity contribution in [2.75, 3.05) is 33.4 Å². The summed E-state index contributed by atoms with van der Waals surface area (Å²) in [7, 11) is 1.77. The van der Waals surface area contributed by atoms with Crippen molar-refractivity contribution in [3.05, 3.63) is 0 Å². The zero-order valence-electron chi connectivity index (χ0n) is 10.8. The molecule has 4 nitrogen and oxygen atoms in total. The second kappa shape index (κ2) is 7.22. The maximum Gasteiger partial charge on any atom is 0.0678 e. The van der Waals surface area contributed by atoms with Gasteiger partial charge >= 0.3 is 0 Å². The van der Waals surface area contributed by atoms with Gasteiger partial charge in [-0.3, -0.25) is 4.90 Å². The highest BCUT2D eigenvalue weighted by Gasteiger charge is 2.27. The van der Waals surface area contributed by atoms with E-state index in [2.05, 4.69) is 18.7 Å². The zero-order valence-corrected chi connectivity index (χ0v) is 10.8. The summed E-state index contributed by atoms with van der Waals surface area (Å²) in [5.74, 6) is 0. The Balaban J connectivity index is 2.47. The summed E-state index contributed by atoms with van der Waals surface area (Å²) in [6.07, 6.45) is 2.82. The topological polar surface area (TPSA) is 47.7 Å². The molecular formula is C12H26N2O2. The number of morpholine rings is 1. The third-order valence-corrected chi connectivity index (χ3v) is 3.06. The van der Waals surface area contributed by atoms with Crippen molar-refractivity contribution >= 4 is 0 Å². The monoisotopic (exact) mass is 230 g/mol. The Bertz CT molecular complexity index is 180. The van der Waals surface area contributed by atoms with Crippen LogP contribution in [-0.2, 0) is 9.47 Å². The van der Waals surface area contributed by atoms with Crippen LogP contribution in [0, 0.1) is 0 Å². The molecule has 0 aliphatic carbocycles. The van der Waals surface area contributed by atoms with Crippen molar-refractivity contribution in [1.82, 2.24) is 4.90 Å². The van der Waals surface area contributed by atoms with E-state index in [-0.39, 0.29) is 0 Å². The largest absolute Gasteiger partial charge is 0.383 e. The predicted octanol–water partition coefficient (Wildman–Crippen LogP) is 0.850. The Kier molecular flexibility index (Phi) is 6.28. The van der Waals surface area contributed by atoms with Crippen molar-refractivity contribution in [3.63, 3.8) is 0 Å². The Morgan fingerprint density at radius 2 is 2.00 bits per heavy atom. The molecule has 0 aromatic heterocycles. The molecule has 0 saturated carbocycles. The highest BCUT2D eigenvalue weighted by atomic mass is 16.5. The van der Waals surface area contributed by atoms with E-state index >= 15 is 0 Å². The first-order valence-electron chi connectivity index (χ1n) is 6.25. The fourth-order valence-corrected chi connectivity index (χ4v) is 2.43. The number of nitrogens with two attached hydrogens (primary N) is 1. The third kappa shape index (κ3) is 4.37. The van der Waals surface area contributed by atoms with E-state index in [1.165, 1.54) is 0 Å². The van der Waals surface area contributed by atoms with Crippen LogP contribution in [0.15, 0.2) is 0 Å². The molecule has 0 bridgehead atoms. The van der Waals surface area contributed by atoms with Gasteiger partial charge < -0.3 is 15.2 Å². The standard InChI is InChI=1S/C12H26N2O2/c1-10-7-14(8-11(2)16-10)12(9-15-3)5-4-6-13/h10-12H,4-9,13H2,1-3H3. The van der Waals surface area contributed by atoms with Gasteiger partial charge in [0.25, 0.3) is 0 Å². The fourth-order valence-electron chi connectivity index (χ4n) is 2.43. The molecule has 1 aliphatic heterocycles. The summed E-state index contributed by atoms with van der Waals surface area (Å²) in [5.41, 5.74) is 5.57. The lowest BCUT2D eigenvalue weighted by Crippen LogP contribution is -2.51. The van der Waals surface area contributed by atoms with Gasteiger partial charge in [-0.2, -0.15) is 0 Å². The molecule has 1 heterocycles. The van der Waals surface area contributed by atoms with E-state index in [0.29, 0.717) is 18.2 Å². The van der Waals surface area contributed by atoms with Gasteiger partial charge in [0.05, 0.1) is 18.8 Å². The Morgan fingerprint density at radius 3 is 2.50 bits per heavy atom. The summed E-state index contributed by atoms with van der Waals surface area (Å²) in [4.78, 5) is 2.48. The molecule has 96 valence electrons. The summed E-state index contributed by atoms with van der Waals surface area (Å²) >= 11 is 0. The van der Waals surface area contributed by atoms with Gasteiger partial charge in [0.15, 0.2) is 0 Å². The van der Waals surface area contributed by atoms with Gasteiger partial charge in [0.1, 0.15) is 0 Å². The van der Waals surface area contributed by atoms with E-state index in [1.54, 1.807) is 7.11 Å². The molecule has 1 rings (SSSR count). The van der Waals surface area contributed by atoms with Crippen LogP contribution in [0.5, 0.6) is 0 Å². The van der Waals surface area contributed by atoms with Crippen LogP contribution in [-0.4, -0.2) is 56.5 Å². The zero-order chi connectivity index (χ0) is 12.0. The summed E-state index contributed by atoms with van der Waals surface area (Å²) in [6.45, 7) is 7.83. The highest BCUT2D eigenvalue weighted by Crippen LogP contribution is 2.16. The first-order chi connectivity index (χ1) is 7.67. The Morgan fingerprint density at radius 1 is 1.38 bits per heavy atom. The second-order valence-corrected chi connectivity index (χ2v) is 4.75. The molecule has 0 radical (unpaired) electrons. The molecule has 1 fully saturated rings. The molecule has 0 aromatic carbocycles. The molecule has 0 aromatic rings. The molecule has 2 N–H and O–H groups in total. The van der Waals surface area contributed by atoms with Gasteiger partial charge in [-0.1, -0.05) is 0 Å². The van der Waals surface area contributed by atoms with E-state index in [0.717, 1.165) is 39.1 Å². The minimum atomic E-state index is 0.320. The van der Waals surface area contributed by atoms with Crippen LogP contribution in [0.4, 0.5) is 0 Å². The summed E-state index contributed by atoms with van der Waals surface area (Å²) < 4.78 is 11.0. The Labute approximate surface area is 99.1 Å². The molecule has 0 spiro atoms. The van der Waals surface area contributed by atoms with Gasteiger partial charge in [0.2, 0.25) is 0 Å². The number of nitrogens with zero attached hydrogens (tertiary/aromatic N) is 1. The quantitative estimate of drug-likeness (QED) is 0.735. The smallest absolute Gasteiger partial charge is 0.0678 e. The molecule has 3 atom stereocenters. The van der Waals surface area contributed by atoms with Crippen LogP contribution in [0.3, 0.4) is 0 Å². The number of ether oxygens (including phenoxy) is 2. The van der Waals surface area contributed by atoms with Crippen LogP contribution in [0.25, 0.3) is 0 Å². The van der Waals surface area contributed by atoms with Crippen molar-refractivity contribution in [2.24, 2.45) is 5.73 Å². The van der Waals surface area contributed by atoms with Crippen LogP contribution in [0.1, 0.15) is 26.7 Å². The lowest BCUT2D eigenvalue weighted by Gasteiger charge is -2.40. The van der Waals surface area contributed by atoms with E-state index in [4.69, 9.17) is 15.2 Å². The average Bonchev–Trinajstić information content (AvgIpc) is 2.22. The number of methoxy groups -OCH3 is 1. The van der Waals surface area contributed by atoms with Crippen molar-refractivity contribution in [2.45, 2.75) is 44.9 Å². The van der Waals surface area contributed by atoms with Gasteiger partial charge in [-0.15, -0.1) is 0 Å². The first-order valence-corrected chi connectivity index (χ1v) is 6.25. The number of rotatable bonds is 6. The lowest BCUT2D eigenvalue weighted by atomic mass is 10.1. The van der Waals surface area contributed by atoms with Gasteiger partial charge in [0, 0.05) is 26.2 Å². The van der Waals surface area contributed by atoms with Crippen molar-refractivity contribution < 1.29 is 9.47 Å². The molecule has 4 heteroatoms.